The van der Waals surface area contributed by atoms with Gasteiger partial charge in [0.1, 0.15) is 0 Å². The molecule has 0 aliphatic rings. The van der Waals surface area contributed by atoms with E-state index in [0.717, 1.165) is 30.3 Å². The summed E-state index contributed by atoms with van der Waals surface area (Å²) >= 11 is 1.64. The average Bonchev–Trinajstić information content (AvgIpc) is 2.68. The second-order valence-electron chi connectivity index (χ2n) is 4.77. The van der Waals surface area contributed by atoms with Gasteiger partial charge >= 0.3 is 5.69 Å². The smallest absolute Gasteiger partial charge is 0.314 e. The van der Waals surface area contributed by atoms with Crippen LogP contribution in [0, 0.1) is 0 Å². The molecule has 0 aromatic carbocycles. The minimum atomic E-state index is -0.121. The fraction of sp³-hybridized carbons (Fsp3) is 0.833. The standard InChI is InChI=1S/C12H24N4OS/c1-5-7-13-10(4)6-8-18-12-15-14-11(17)16(12)9(2)3/h9-10,13H,5-8H2,1-4H3,(H,14,17). The number of nitrogens with zero attached hydrogens (tertiary/aromatic N) is 2. The van der Waals surface area contributed by atoms with Crippen molar-refractivity contribution >= 4 is 11.8 Å². The maximum Gasteiger partial charge on any atom is 0.344 e. The summed E-state index contributed by atoms with van der Waals surface area (Å²) in [5.41, 5.74) is -0.121. The predicted molar refractivity (Wildman–Crippen MR) is 76.3 cm³/mol. The van der Waals surface area contributed by atoms with Gasteiger partial charge in [-0.15, -0.1) is 5.10 Å². The quantitative estimate of drug-likeness (QED) is 0.711. The molecule has 2 N–H and O–H groups in total. The molecule has 1 unspecified atom stereocenters. The number of hydrogen-bond acceptors (Lipinski definition) is 4. The van der Waals surface area contributed by atoms with E-state index in [4.69, 9.17) is 0 Å². The summed E-state index contributed by atoms with van der Waals surface area (Å²) in [5, 5.41) is 10.8. The SMILES string of the molecule is CCCNC(C)CCSc1n[nH]c(=O)n1C(C)C. The molecule has 104 valence electrons. The van der Waals surface area contributed by atoms with Crippen molar-refractivity contribution < 1.29 is 0 Å². The van der Waals surface area contributed by atoms with Crippen molar-refractivity contribution in [1.82, 2.24) is 20.1 Å². The summed E-state index contributed by atoms with van der Waals surface area (Å²) in [5.74, 6) is 0.967. The molecule has 0 aliphatic carbocycles. The van der Waals surface area contributed by atoms with Gasteiger partial charge in [0.05, 0.1) is 0 Å². The lowest BCUT2D eigenvalue weighted by Crippen LogP contribution is -2.27. The van der Waals surface area contributed by atoms with Gasteiger partial charge in [-0.25, -0.2) is 9.89 Å². The zero-order valence-corrected chi connectivity index (χ0v) is 12.5. The highest BCUT2D eigenvalue weighted by atomic mass is 32.2. The average molecular weight is 272 g/mol. The lowest BCUT2D eigenvalue weighted by Gasteiger charge is -2.13. The van der Waals surface area contributed by atoms with Gasteiger partial charge in [0.25, 0.3) is 0 Å². The van der Waals surface area contributed by atoms with E-state index in [-0.39, 0.29) is 11.7 Å². The highest BCUT2D eigenvalue weighted by Crippen LogP contribution is 2.18. The first-order valence-electron chi connectivity index (χ1n) is 6.59. The molecule has 1 aromatic heterocycles. The van der Waals surface area contributed by atoms with Gasteiger partial charge in [0.15, 0.2) is 5.16 Å². The number of rotatable bonds is 8. The Morgan fingerprint density at radius 3 is 2.78 bits per heavy atom. The number of aromatic nitrogens is 3. The van der Waals surface area contributed by atoms with Gasteiger partial charge in [-0.1, -0.05) is 18.7 Å². The van der Waals surface area contributed by atoms with Crippen LogP contribution in [0.4, 0.5) is 0 Å². The van der Waals surface area contributed by atoms with E-state index in [1.807, 2.05) is 13.8 Å². The summed E-state index contributed by atoms with van der Waals surface area (Å²) in [4.78, 5) is 11.5. The molecule has 0 bridgehead atoms. The molecule has 0 saturated heterocycles. The van der Waals surface area contributed by atoms with Crippen LogP contribution in [0.1, 0.15) is 46.6 Å². The fourth-order valence-electron chi connectivity index (χ4n) is 1.67. The van der Waals surface area contributed by atoms with Crippen molar-refractivity contribution in [3.63, 3.8) is 0 Å². The molecular weight excluding hydrogens is 248 g/mol. The van der Waals surface area contributed by atoms with Crippen molar-refractivity contribution in [2.75, 3.05) is 12.3 Å². The topological polar surface area (TPSA) is 62.7 Å². The second-order valence-corrected chi connectivity index (χ2v) is 5.83. The first-order chi connectivity index (χ1) is 8.56. The van der Waals surface area contributed by atoms with Gasteiger partial charge < -0.3 is 5.32 Å². The predicted octanol–water partition coefficient (Wildman–Crippen LogP) is 2.02. The Morgan fingerprint density at radius 1 is 1.44 bits per heavy atom. The number of hydrogen-bond donors (Lipinski definition) is 2. The molecule has 1 heterocycles. The maximum atomic E-state index is 11.5. The number of H-pyrrole nitrogens is 1. The van der Waals surface area contributed by atoms with Crippen LogP contribution in [0.5, 0.6) is 0 Å². The van der Waals surface area contributed by atoms with Crippen LogP contribution in [0.25, 0.3) is 0 Å². The van der Waals surface area contributed by atoms with Gasteiger partial charge in [-0.05, 0) is 40.2 Å². The van der Waals surface area contributed by atoms with E-state index in [2.05, 4.69) is 29.4 Å². The molecule has 0 fully saturated rings. The third-order valence-corrected chi connectivity index (χ3v) is 3.70. The number of aromatic amines is 1. The van der Waals surface area contributed by atoms with Crippen LogP contribution < -0.4 is 11.0 Å². The molecule has 18 heavy (non-hydrogen) atoms. The van der Waals surface area contributed by atoms with E-state index in [1.165, 1.54) is 0 Å². The normalized spacial score (nSPS) is 13.2. The van der Waals surface area contributed by atoms with E-state index >= 15 is 0 Å². The van der Waals surface area contributed by atoms with Crippen LogP contribution in [0.15, 0.2) is 9.95 Å². The number of thioether (sulfide) groups is 1. The minimum absolute atomic E-state index is 0.121. The van der Waals surface area contributed by atoms with Crippen molar-refractivity contribution in [2.45, 2.75) is 57.8 Å². The van der Waals surface area contributed by atoms with Crippen molar-refractivity contribution in [2.24, 2.45) is 0 Å². The van der Waals surface area contributed by atoms with Crippen LogP contribution >= 0.6 is 11.8 Å². The second kappa shape index (κ2) is 7.63. The Morgan fingerprint density at radius 2 is 2.17 bits per heavy atom. The van der Waals surface area contributed by atoms with E-state index in [0.29, 0.717) is 6.04 Å². The lowest BCUT2D eigenvalue weighted by molar-refractivity contribution is 0.528. The molecule has 0 saturated carbocycles. The maximum absolute atomic E-state index is 11.5. The Labute approximate surface area is 113 Å². The van der Waals surface area contributed by atoms with Crippen LogP contribution in [0.3, 0.4) is 0 Å². The molecule has 0 aliphatic heterocycles. The fourth-order valence-corrected chi connectivity index (χ4v) is 2.86. The zero-order chi connectivity index (χ0) is 13.5. The summed E-state index contributed by atoms with van der Waals surface area (Å²) in [6.45, 7) is 9.40. The van der Waals surface area contributed by atoms with Gasteiger partial charge in [-0.3, -0.25) is 4.57 Å². The van der Waals surface area contributed by atoms with Crippen molar-refractivity contribution in [1.29, 1.82) is 0 Å². The molecule has 1 aromatic rings. The first-order valence-corrected chi connectivity index (χ1v) is 7.57. The van der Waals surface area contributed by atoms with Crippen LogP contribution in [0.2, 0.25) is 0 Å². The molecular formula is C12H24N4OS. The Balaban J connectivity index is 2.42. The van der Waals surface area contributed by atoms with Gasteiger partial charge in [0, 0.05) is 17.8 Å². The molecule has 5 nitrogen and oxygen atoms in total. The summed E-state index contributed by atoms with van der Waals surface area (Å²) in [6, 6.07) is 0.657. The van der Waals surface area contributed by atoms with Gasteiger partial charge in [-0.2, -0.15) is 0 Å². The molecule has 1 atom stereocenters. The van der Waals surface area contributed by atoms with Crippen LogP contribution in [-0.2, 0) is 0 Å². The van der Waals surface area contributed by atoms with E-state index in [9.17, 15) is 4.79 Å². The highest BCUT2D eigenvalue weighted by molar-refractivity contribution is 7.99. The molecule has 0 radical (unpaired) electrons. The third-order valence-electron chi connectivity index (χ3n) is 2.71. The highest BCUT2D eigenvalue weighted by Gasteiger charge is 2.11. The third kappa shape index (κ3) is 4.49. The Bertz CT molecular complexity index is 399. The number of nitrogens with one attached hydrogen (secondary N) is 2. The summed E-state index contributed by atoms with van der Waals surface area (Å²) < 4.78 is 1.70. The van der Waals surface area contributed by atoms with Crippen molar-refractivity contribution in [3.05, 3.63) is 10.5 Å². The molecule has 0 amide bonds. The van der Waals surface area contributed by atoms with Crippen LogP contribution in [-0.4, -0.2) is 33.1 Å². The minimum Gasteiger partial charge on any atom is -0.314 e. The Kier molecular flexibility index (Phi) is 6.49. The molecule has 1 rings (SSSR count). The first kappa shape index (κ1) is 15.3. The monoisotopic (exact) mass is 272 g/mol. The Hall–Kier alpha value is -0.750. The van der Waals surface area contributed by atoms with E-state index in [1.54, 1.807) is 16.3 Å². The summed E-state index contributed by atoms with van der Waals surface area (Å²) in [6.07, 6.45) is 2.23. The lowest BCUT2D eigenvalue weighted by atomic mass is 10.2. The molecule has 0 spiro atoms. The van der Waals surface area contributed by atoms with Crippen molar-refractivity contribution in [3.8, 4) is 0 Å². The molecule has 6 heteroatoms. The van der Waals surface area contributed by atoms with Gasteiger partial charge in [0.2, 0.25) is 0 Å². The van der Waals surface area contributed by atoms with E-state index < -0.39 is 0 Å². The largest absolute Gasteiger partial charge is 0.344 e. The zero-order valence-electron chi connectivity index (χ0n) is 11.7. The summed E-state index contributed by atoms with van der Waals surface area (Å²) in [7, 11) is 0.